The van der Waals surface area contributed by atoms with E-state index in [-0.39, 0.29) is 5.41 Å². The maximum atomic E-state index is 3.34. The largest absolute Gasteiger partial charge is 0.364 e. The van der Waals surface area contributed by atoms with Crippen LogP contribution in [0.4, 0.5) is 0 Å². The maximum absolute atomic E-state index is 3.34. The Labute approximate surface area is 90.7 Å². The molecule has 0 bridgehead atoms. The molecule has 0 aromatic carbocycles. The van der Waals surface area contributed by atoms with Crippen LogP contribution in [0.25, 0.3) is 0 Å². The molecule has 0 unspecified atom stereocenters. The maximum Gasteiger partial charge on any atom is 0.0452 e. The van der Waals surface area contributed by atoms with Crippen LogP contribution in [-0.2, 0) is 5.41 Å². The molecule has 0 amide bonds. The molecule has 2 heterocycles. The molecule has 0 aliphatic carbocycles. The highest BCUT2D eigenvalue weighted by atomic mass is 14.8. The van der Waals surface area contributed by atoms with Gasteiger partial charge in [0.2, 0.25) is 0 Å². The Morgan fingerprint density at radius 2 is 1.27 bits per heavy atom. The van der Waals surface area contributed by atoms with Gasteiger partial charge in [-0.25, -0.2) is 0 Å². The van der Waals surface area contributed by atoms with Crippen LogP contribution in [0.2, 0.25) is 0 Å². The average Bonchev–Trinajstić information content (AvgIpc) is 2.73. The van der Waals surface area contributed by atoms with Crippen LogP contribution in [0, 0.1) is 13.8 Å². The lowest BCUT2D eigenvalue weighted by Crippen LogP contribution is -2.22. The number of hydrogen-bond acceptors (Lipinski definition) is 0. The molecule has 2 heteroatoms. The van der Waals surface area contributed by atoms with Gasteiger partial charge in [-0.05, 0) is 51.0 Å². The second kappa shape index (κ2) is 3.30. The van der Waals surface area contributed by atoms with E-state index in [0.29, 0.717) is 0 Å². The smallest absolute Gasteiger partial charge is 0.0452 e. The van der Waals surface area contributed by atoms with E-state index in [9.17, 15) is 0 Å². The van der Waals surface area contributed by atoms with E-state index < -0.39 is 0 Å². The van der Waals surface area contributed by atoms with Crippen molar-refractivity contribution in [3.05, 3.63) is 47.0 Å². The molecule has 2 rings (SSSR count). The molecule has 0 atom stereocenters. The Kier molecular flexibility index (Phi) is 2.22. The first-order valence-corrected chi connectivity index (χ1v) is 5.32. The van der Waals surface area contributed by atoms with Gasteiger partial charge in [-0.1, -0.05) is 0 Å². The predicted octanol–water partition coefficient (Wildman–Crippen LogP) is 3.29. The molecule has 0 saturated carbocycles. The van der Waals surface area contributed by atoms with Gasteiger partial charge in [-0.2, -0.15) is 0 Å². The minimum absolute atomic E-state index is 0.0150. The Bertz CT molecular complexity index is 418. The van der Waals surface area contributed by atoms with Crippen LogP contribution >= 0.6 is 0 Å². The monoisotopic (exact) mass is 202 g/mol. The van der Waals surface area contributed by atoms with Crippen LogP contribution in [0.1, 0.15) is 36.4 Å². The minimum Gasteiger partial charge on any atom is -0.364 e. The average molecular weight is 202 g/mol. The number of H-pyrrole nitrogens is 2. The van der Waals surface area contributed by atoms with Gasteiger partial charge < -0.3 is 9.97 Å². The number of nitrogens with one attached hydrogen (secondary N) is 2. The van der Waals surface area contributed by atoms with Gasteiger partial charge in [0.1, 0.15) is 0 Å². The highest BCUT2D eigenvalue weighted by molar-refractivity contribution is 5.38. The second-order valence-corrected chi connectivity index (χ2v) is 4.70. The fraction of sp³-hybridized carbons (Fsp3) is 0.385. The highest BCUT2D eigenvalue weighted by Crippen LogP contribution is 2.32. The molecule has 0 saturated heterocycles. The van der Waals surface area contributed by atoms with Crippen molar-refractivity contribution in [1.29, 1.82) is 0 Å². The molecule has 2 aromatic heterocycles. The van der Waals surface area contributed by atoms with Crippen LogP contribution < -0.4 is 0 Å². The quantitative estimate of drug-likeness (QED) is 0.749. The normalized spacial score (nSPS) is 12.0. The zero-order valence-electron chi connectivity index (χ0n) is 9.81. The van der Waals surface area contributed by atoms with E-state index in [0.717, 1.165) is 0 Å². The molecule has 0 aliphatic heterocycles. The third-order valence-corrected chi connectivity index (χ3v) is 3.16. The summed E-state index contributed by atoms with van der Waals surface area (Å²) in [4.78, 5) is 6.68. The molecule has 2 aromatic rings. The van der Waals surface area contributed by atoms with E-state index in [1.54, 1.807) is 0 Å². The third kappa shape index (κ3) is 1.50. The van der Waals surface area contributed by atoms with Crippen molar-refractivity contribution in [2.75, 3.05) is 0 Å². The van der Waals surface area contributed by atoms with Gasteiger partial charge in [0.15, 0.2) is 0 Å². The van der Waals surface area contributed by atoms with Crippen molar-refractivity contribution in [3.63, 3.8) is 0 Å². The van der Waals surface area contributed by atoms with Crippen LogP contribution in [-0.4, -0.2) is 9.97 Å². The molecule has 0 spiro atoms. The summed E-state index contributed by atoms with van der Waals surface area (Å²) >= 11 is 0. The predicted molar refractivity (Wildman–Crippen MR) is 63.2 cm³/mol. The Morgan fingerprint density at radius 1 is 0.867 bits per heavy atom. The molecule has 0 radical (unpaired) electrons. The van der Waals surface area contributed by atoms with Gasteiger partial charge >= 0.3 is 0 Å². The fourth-order valence-corrected chi connectivity index (χ4v) is 2.37. The van der Waals surface area contributed by atoms with Gasteiger partial charge in [-0.15, -0.1) is 0 Å². The number of aromatic amines is 2. The Morgan fingerprint density at radius 3 is 1.53 bits per heavy atom. The summed E-state index contributed by atoms with van der Waals surface area (Å²) in [6.45, 7) is 8.77. The van der Waals surface area contributed by atoms with Crippen molar-refractivity contribution < 1.29 is 0 Å². The van der Waals surface area contributed by atoms with Crippen molar-refractivity contribution in [3.8, 4) is 0 Å². The molecular weight excluding hydrogens is 184 g/mol. The molecular formula is C13H18N2. The summed E-state index contributed by atoms with van der Waals surface area (Å²) in [6, 6.07) is 4.24. The number of aryl methyl sites for hydroxylation is 2. The zero-order chi connectivity index (χ0) is 11.1. The summed E-state index contributed by atoms with van der Waals surface area (Å²) in [5, 5.41) is 0. The van der Waals surface area contributed by atoms with Gasteiger partial charge in [0.25, 0.3) is 0 Å². The van der Waals surface area contributed by atoms with Crippen molar-refractivity contribution in [2.45, 2.75) is 33.1 Å². The standard InChI is InChI=1S/C13H18N2/c1-9-5-7-14-11(9)13(3,4)12-10(2)6-8-15-12/h5-8,14-15H,1-4H3. The van der Waals surface area contributed by atoms with Crippen molar-refractivity contribution in [1.82, 2.24) is 9.97 Å². The van der Waals surface area contributed by atoms with Crippen LogP contribution in [0.3, 0.4) is 0 Å². The lowest BCUT2D eigenvalue weighted by atomic mass is 9.82. The van der Waals surface area contributed by atoms with E-state index in [1.165, 1.54) is 22.5 Å². The third-order valence-electron chi connectivity index (χ3n) is 3.16. The number of rotatable bonds is 2. The van der Waals surface area contributed by atoms with E-state index >= 15 is 0 Å². The summed E-state index contributed by atoms with van der Waals surface area (Å²) in [7, 11) is 0. The van der Waals surface area contributed by atoms with Gasteiger partial charge in [-0.3, -0.25) is 0 Å². The van der Waals surface area contributed by atoms with Gasteiger partial charge in [0, 0.05) is 29.2 Å². The first-order chi connectivity index (χ1) is 7.03. The van der Waals surface area contributed by atoms with E-state index in [1.807, 2.05) is 12.4 Å². The summed E-state index contributed by atoms with van der Waals surface area (Å²) in [5.74, 6) is 0. The lowest BCUT2D eigenvalue weighted by Gasteiger charge is -2.25. The second-order valence-electron chi connectivity index (χ2n) is 4.70. The molecule has 0 fully saturated rings. The number of hydrogen-bond donors (Lipinski definition) is 2. The zero-order valence-corrected chi connectivity index (χ0v) is 9.81. The summed E-state index contributed by atoms with van der Waals surface area (Å²) < 4.78 is 0. The number of aromatic nitrogens is 2. The topological polar surface area (TPSA) is 31.6 Å². The van der Waals surface area contributed by atoms with E-state index in [2.05, 4.69) is 49.8 Å². The molecule has 0 aliphatic rings. The summed E-state index contributed by atoms with van der Waals surface area (Å²) in [6.07, 6.45) is 4.01. The van der Waals surface area contributed by atoms with Crippen LogP contribution in [0.15, 0.2) is 24.5 Å². The van der Waals surface area contributed by atoms with E-state index in [4.69, 9.17) is 0 Å². The SMILES string of the molecule is Cc1cc[nH]c1C(C)(C)c1[nH]ccc1C. The van der Waals surface area contributed by atoms with Crippen molar-refractivity contribution >= 4 is 0 Å². The Hall–Kier alpha value is -1.44. The Balaban J connectivity index is 2.53. The summed E-state index contributed by atoms with van der Waals surface area (Å²) in [5.41, 5.74) is 5.21. The molecule has 2 N–H and O–H groups in total. The van der Waals surface area contributed by atoms with Gasteiger partial charge in [0.05, 0.1) is 0 Å². The molecule has 2 nitrogen and oxygen atoms in total. The minimum atomic E-state index is 0.0150. The first-order valence-electron chi connectivity index (χ1n) is 5.32. The van der Waals surface area contributed by atoms with Crippen LogP contribution in [0.5, 0.6) is 0 Å². The highest BCUT2D eigenvalue weighted by Gasteiger charge is 2.28. The molecule has 15 heavy (non-hydrogen) atoms. The molecule has 80 valence electrons. The fourth-order valence-electron chi connectivity index (χ4n) is 2.37. The first kappa shape index (κ1) is 10.1. The lowest BCUT2D eigenvalue weighted by molar-refractivity contribution is 0.595. The van der Waals surface area contributed by atoms with Crippen molar-refractivity contribution in [2.24, 2.45) is 0 Å².